The lowest BCUT2D eigenvalue weighted by Gasteiger charge is -2.15. The highest BCUT2D eigenvalue weighted by Gasteiger charge is 2.25. The summed E-state index contributed by atoms with van der Waals surface area (Å²) in [6.07, 6.45) is 0. The molecule has 0 amide bonds. The molecule has 0 saturated heterocycles. The van der Waals surface area contributed by atoms with Crippen LogP contribution < -0.4 is 0 Å². The van der Waals surface area contributed by atoms with Crippen LogP contribution in [0.3, 0.4) is 0 Å². The third-order valence-corrected chi connectivity index (χ3v) is 3.78. The van der Waals surface area contributed by atoms with Crippen molar-refractivity contribution in [2.45, 2.75) is 13.8 Å². The maximum atomic E-state index is 11.7. The zero-order valence-electron chi connectivity index (χ0n) is 9.08. The van der Waals surface area contributed by atoms with E-state index in [1.54, 1.807) is 0 Å². The Morgan fingerprint density at radius 1 is 1.29 bits per heavy atom. The van der Waals surface area contributed by atoms with E-state index in [0.29, 0.717) is 0 Å². The minimum Gasteiger partial charge on any atom is -0.500 e. The number of hydrogen-bond acceptors (Lipinski definition) is 4. The Balaban J connectivity index is 5.61. The number of allylic oxidation sites excluding steroid dienone is 2. The molecule has 82 valence electrons. The van der Waals surface area contributed by atoms with Gasteiger partial charge in [0.25, 0.3) is 0 Å². The van der Waals surface area contributed by atoms with E-state index in [1.807, 2.05) is 0 Å². The quantitative estimate of drug-likeness (QED) is 0.562. The molecule has 0 aromatic carbocycles. The molecule has 0 rings (SSSR count). The van der Waals surface area contributed by atoms with Gasteiger partial charge in [-0.1, -0.05) is 0 Å². The fourth-order valence-electron chi connectivity index (χ4n) is 0.914. The molecule has 1 N–H and O–H groups in total. The Bertz CT molecular complexity index is 355. The Morgan fingerprint density at radius 2 is 1.71 bits per heavy atom. The third kappa shape index (κ3) is 2.55. The molecule has 0 aliphatic rings. The van der Waals surface area contributed by atoms with Gasteiger partial charge in [-0.25, -0.2) is 12.7 Å². The summed E-state index contributed by atoms with van der Waals surface area (Å²) >= 11 is 0. The molecule has 0 heterocycles. The van der Waals surface area contributed by atoms with Gasteiger partial charge in [0.2, 0.25) is 10.0 Å². The highest BCUT2D eigenvalue weighted by Crippen LogP contribution is 2.16. The lowest BCUT2D eigenvalue weighted by atomic mass is 10.3. The van der Waals surface area contributed by atoms with E-state index in [4.69, 9.17) is 10.1 Å². The van der Waals surface area contributed by atoms with E-state index in [2.05, 4.69) is 0 Å². The van der Waals surface area contributed by atoms with Crippen molar-refractivity contribution < 1.29 is 13.2 Å². The molecule has 6 heteroatoms. The summed E-state index contributed by atoms with van der Waals surface area (Å²) in [6, 6.07) is 0. The average molecular weight is 220 g/mol. The smallest absolute Gasteiger partial charge is 0.247 e. The molecule has 0 spiro atoms. The van der Waals surface area contributed by atoms with E-state index in [0.717, 1.165) is 4.31 Å². The van der Waals surface area contributed by atoms with E-state index >= 15 is 0 Å². The first-order chi connectivity index (χ1) is 6.25. The second kappa shape index (κ2) is 4.56. The maximum absolute atomic E-state index is 11.7. The van der Waals surface area contributed by atoms with Gasteiger partial charge in [0.05, 0.1) is 12.8 Å². The standard InChI is InChI=1S/C8H16N2O3S/c1-6(9)8(7(2)13-5)14(11,12)10(3)4/h9H,1-5H3/b8-7+,9-6?. The number of nitrogens with one attached hydrogen (secondary N) is 1. The van der Waals surface area contributed by atoms with Gasteiger partial charge in [-0.05, 0) is 13.8 Å². The fraction of sp³-hybridized carbons (Fsp3) is 0.625. The predicted molar refractivity (Wildman–Crippen MR) is 55.7 cm³/mol. The lowest BCUT2D eigenvalue weighted by molar-refractivity contribution is 0.292. The summed E-state index contributed by atoms with van der Waals surface area (Å²) in [5.41, 5.74) is -0.0296. The highest BCUT2D eigenvalue weighted by atomic mass is 32.2. The highest BCUT2D eigenvalue weighted by molar-refractivity contribution is 7.94. The Labute approximate surface area is 84.9 Å². The second-order valence-corrected chi connectivity index (χ2v) is 5.09. The van der Waals surface area contributed by atoms with Crippen molar-refractivity contribution in [3.05, 3.63) is 10.7 Å². The van der Waals surface area contributed by atoms with Crippen molar-refractivity contribution in [2.24, 2.45) is 0 Å². The Hall–Kier alpha value is -0.880. The lowest BCUT2D eigenvalue weighted by Crippen LogP contribution is -2.27. The molecular weight excluding hydrogens is 204 g/mol. The molecular formula is C8H16N2O3S. The molecule has 5 nitrogen and oxygen atoms in total. The van der Waals surface area contributed by atoms with Crippen molar-refractivity contribution in [2.75, 3.05) is 21.2 Å². The zero-order chi connectivity index (χ0) is 11.5. The van der Waals surface area contributed by atoms with Crippen LogP contribution >= 0.6 is 0 Å². The maximum Gasteiger partial charge on any atom is 0.247 e. The van der Waals surface area contributed by atoms with Crippen molar-refractivity contribution >= 4 is 15.7 Å². The summed E-state index contributed by atoms with van der Waals surface area (Å²) < 4.78 is 29.3. The van der Waals surface area contributed by atoms with Gasteiger partial charge < -0.3 is 10.1 Å². The minimum absolute atomic E-state index is 0.0296. The van der Waals surface area contributed by atoms with E-state index < -0.39 is 10.0 Å². The van der Waals surface area contributed by atoms with Gasteiger partial charge in [-0.15, -0.1) is 0 Å². The van der Waals surface area contributed by atoms with Gasteiger partial charge in [-0.3, -0.25) is 0 Å². The molecule has 0 unspecified atom stereocenters. The number of methoxy groups -OCH3 is 1. The van der Waals surface area contributed by atoms with Crippen LogP contribution in [0.15, 0.2) is 10.7 Å². The Morgan fingerprint density at radius 3 is 1.93 bits per heavy atom. The van der Waals surface area contributed by atoms with Gasteiger partial charge in [0.1, 0.15) is 10.7 Å². The van der Waals surface area contributed by atoms with Crippen molar-refractivity contribution in [3.8, 4) is 0 Å². The predicted octanol–water partition coefficient (Wildman–Crippen LogP) is 0.795. The number of rotatable bonds is 4. The van der Waals surface area contributed by atoms with Gasteiger partial charge in [-0.2, -0.15) is 0 Å². The monoisotopic (exact) mass is 220 g/mol. The number of nitrogens with zero attached hydrogens (tertiary/aromatic N) is 1. The van der Waals surface area contributed by atoms with Crippen LogP contribution in [0.5, 0.6) is 0 Å². The van der Waals surface area contributed by atoms with Crippen molar-refractivity contribution in [1.29, 1.82) is 5.41 Å². The molecule has 0 fully saturated rings. The van der Waals surface area contributed by atoms with E-state index in [9.17, 15) is 8.42 Å². The second-order valence-electron chi connectivity index (χ2n) is 3.00. The molecule has 0 aromatic rings. The number of hydrogen-bond donors (Lipinski definition) is 1. The van der Waals surface area contributed by atoms with Crippen LogP contribution in [0, 0.1) is 5.41 Å². The van der Waals surface area contributed by atoms with E-state index in [1.165, 1.54) is 35.1 Å². The zero-order valence-corrected chi connectivity index (χ0v) is 9.90. The first-order valence-electron chi connectivity index (χ1n) is 3.98. The summed E-state index contributed by atoms with van der Waals surface area (Å²) in [7, 11) is 0.628. The first kappa shape index (κ1) is 13.1. The van der Waals surface area contributed by atoms with Crippen LogP contribution in [0.1, 0.15) is 13.8 Å². The molecule has 0 atom stereocenters. The Kier molecular flexibility index (Phi) is 4.28. The molecule has 0 aliphatic heterocycles. The SMILES string of the molecule is CO/C(C)=C(\C(C)=N)S(=O)(=O)N(C)C. The van der Waals surface area contributed by atoms with Gasteiger partial charge >= 0.3 is 0 Å². The van der Waals surface area contributed by atoms with E-state index in [-0.39, 0.29) is 16.4 Å². The van der Waals surface area contributed by atoms with Gasteiger partial charge in [0, 0.05) is 14.1 Å². The molecule has 14 heavy (non-hydrogen) atoms. The largest absolute Gasteiger partial charge is 0.500 e. The van der Waals surface area contributed by atoms with Crippen LogP contribution in [-0.2, 0) is 14.8 Å². The van der Waals surface area contributed by atoms with Crippen molar-refractivity contribution in [1.82, 2.24) is 4.31 Å². The fourth-order valence-corrected chi connectivity index (χ4v) is 2.11. The van der Waals surface area contributed by atoms with Crippen LogP contribution in [0.25, 0.3) is 0 Å². The van der Waals surface area contributed by atoms with Gasteiger partial charge in [0.15, 0.2) is 0 Å². The number of sulfonamides is 1. The normalized spacial score (nSPS) is 13.9. The summed E-state index contributed by atoms with van der Waals surface area (Å²) in [4.78, 5) is -0.0787. The molecule has 0 bridgehead atoms. The summed E-state index contributed by atoms with van der Waals surface area (Å²) in [5, 5.41) is 7.39. The summed E-state index contributed by atoms with van der Waals surface area (Å²) in [5.74, 6) is 0.228. The molecule has 0 saturated carbocycles. The van der Waals surface area contributed by atoms with Crippen LogP contribution in [-0.4, -0.2) is 39.6 Å². The molecule has 0 radical (unpaired) electrons. The first-order valence-corrected chi connectivity index (χ1v) is 5.42. The molecule has 0 aromatic heterocycles. The molecule has 0 aliphatic carbocycles. The van der Waals surface area contributed by atoms with Crippen molar-refractivity contribution in [3.63, 3.8) is 0 Å². The minimum atomic E-state index is -3.59. The average Bonchev–Trinajstić information content (AvgIpc) is 2.02. The van der Waals surface area contributed by atoms with Crippen LogP contribution in [0.4, 0.5) is 0 Å². The number of ether oxygens (including phenoxy) is 1. The summed E-state index contributed by atoms with van der Waals surface area (Å²) in [6.45, 7) is 2.94. The van der Waals surface area contributed by atoms with Crippen LogP contribution in [0.2, 0.25) is 0 Å². The topological polar surface area (TPSA) is 70.5 Å². The third-order valence-electron chi connectivity index (χ3n) is 1.71.